The SMILES string of the molecule is CC1=NN(c2ccc(Cl)cc2)C(=O)/C1=C\c1ccccc1Br. The van der Waals surface area contributed by atoms with E-state index in [0.717, 1.165) is 10.0 Å². The lowest BCUT2D eigenvalue weighted by Gasteiger charge is -2.11. The van der Waals surface area contributed by atoms with Crippen LogP contribution in [0.2, 0.25) is 5.02 Å². The number of amides is 1. The van der Waals surface area contributed by atoms with Crippen LogP contribution in [0.5, 0.6) is 0 Å². The Bertz CT molecular complexity index is 797. The number of rotatable bonds is 2. The third-order valence-corrected chi connectivity index (χ3v) is 4.31. The number of hydrazone groups is 1. The Morgan fingerprint density at radius 2 is 1.82 bits per heavy atom. The van der Waals surface area contributed by atoms with Crippen molar-refractivity contribution in [2.24, 2.45) is 5.10 Å². The van der Waals surface area contributed by atoms with Crippen molar-refractivity contribution in [3.8, 4) is 0 Å². The Hall–Kier alpha value is -1.91. The van der Waals surface area contributed by atoms with E-state index in [-0.39, 0.29) is 5.91 Å². The second kappa shape index (κ2) is 6.07. The second-order valence-corrected chi connectivity index (χ2v) is 6.15. The normalized spacial score (nSPS) is 16.3. The number of benzene rings is 2. The summed E-state index contributed by atoms with van der Waals surface area (Å²) in [5, 5.41) is 6.37. The molecule has 0 saturated carbocycles. The molecule has 0 aliphatic carbocycles. The maximum Gasteiger partial charge on any atom is 0.280 e. The van der Waals surface area contributed by atoms with E-state index in [4.69, 9.17) is 11.6 Å². The van der Waals surface area contributed by atoms with Crippen molar-refractivity contribution in [1.29, 1.82) is 0 Å². The highest BCUT2D eigenvalue weighted by Gasteiger charge is 2.28. The molecule has 1 aliphatic rings. The smallest absolute Gasteiger partial charge is 0.267 e. The molecular weight excluding hydrogens is 364 g/mol. The number of halogens is 2. The van der Waals surface area contributed by atoms with Gasteiger partial charge >= 0.3 is 0 Å². The maximum absolute atomic E-state index is 12.6. The molecular formula is C17H12BrClN2O. The summed E-state index contributed by atoms with van der Waals surface area (Å²) < 4.78 is 0.938. The van der Waals surface area contributed by atoms with Crippen molar-refractivity contribution in [1.82, 2.24) is 0 Å². The quantitative estimate of drug-likeness (QED) is 0.687. The number of carbonyl (C=O) groups is 1. The Morgan fingerprint density at radius 1 is 1.14 bits per heavy atom. The van der Waals surface area contributed by atoms with Crippen molar-refractivity contribution in [3.05, 3.63) is 69.2 Å². The summed E-state index contributed by atoms with van der Waals surface area (Å²) in [6.45, 7) is 1.83. The predicted octanol–water partition coefficient (Wildman–Crippen LogP) is 4.91. The third-order valence-electron chi connectivity index (χ3n) is 3.34. The van der Waals surface area contributed by atoms with Crippen LogP contribution in [0.3, 0.4) is 0 Å². The number of nitrogens with zero attached hydrogens (tertiary/aromatic N) is 2. The summed E-state index contributed by atoms with van der Waals surface area (Å²) in [4.78, 5) is 12.6. The Morgan fingerprint density at radius 3 is 2.50 bits per heavy atom. The highest BCUT2D eigenvalue weighted by Crippen LogP contribution is 2.27. The lowest BCUT2D eigenvalue weighted by atomic mass is 10.1. The first kappa shape index (κ1) is 15.0. The van der Waals surface area contributed by atoms with E-state index in [9.17, 15) is 4.79 Å². The van der Waals surface area contributed by atoms with Gasteiger partial charge in [0.2, 0.25) is 0 Å². The summed E-state index contributed by atoms with van der Waals surface area (Å²) in [5.41, 5.74) is 2.92. The van der Waals surface area contributed by atoms with Gasteiger partial charge in [-0.25, -0.2) is 0 Å². The van der Waals surface area contributed by atoms with Gasteiger partial charge in [-0.1, -0.05) is 45.7 Å². The molecule has 0 fully saturated rings. The van der Waals surface area contributed by atoms with Crippen molar-refractivity contribution in [2.45, 2.75) is 6.92 Å². The topological polar surface area (TPSA) is 32.7 Å². The largest absolute Gasteiger partial charge is 0.280 e. The highest BCUT2D eigenvalue weighted by atomic mass is 79.9. The van der Waals surface area contributed by atoms with E-state index in [2.05, 4.69) is 21.0 Å². The molecule has 0 unspecified atom stereocenters. The van der Waals surface area contributed by atoms with Crippen molar-refractivity contribution in [2.75, 3.05) is 5.01 Å². The molecule has 0 spiro atoms. The second-order valence-electron chi connectivity index (χ2n) is 4.86. The van der Waals surface area contributed by atoms with E-state index in [1.165, 1.54) is 5.01 Å². The molecule has 2 aromatic carbocycles. The number of hydrogen-bond donors (Lipinski definition) is 0. The van der Waals surface area contributed by atoms with Gasteiger partial charge in [0.1, 0.15) is 0 Å². The number of hydrogen-bond acceptors (Lipinski definition) is 2. The molecule has 0 atom stereocenters. The van der Waals surface area contributed by atoms with Gasteiger partial charge in [-0.2, -0.15) is 10.1 Å². The molecule has 1 aliphatic heterocycles. The van der Waals surface area contributed by atoms with E-state index < -0.39 is 0 Å². The van der Waals surface area contributed by atoms with Crippen LogP contribution in [0, 0.1) is 0 Å². The molecule has 110 valence electrons. The summed E-state index contributed by atoms with van der Waals surface area (Å²) in [5.74, 6) is -0.143. The fourth-order valence-corrected chi connectivity index (χ4v) is 2.71. The van der Waals surface area contributed by atoms with Crippen LogP contribution >= 0.6 is 27.5 Å². The molecule has 0 N–H and O–H groups in total. The maximum atomic E-state index is 12.6. The van der Waals surface area contributed by atoms with Crippen LogP contribution in [-0.4, -0.2) is 11.6 Å². The summed E-state index contributed by atoms with van der Waals surface area (Å²) in [6.07, 6.45) is 1.85. The standard InChI is InChI=1S/C17H12BrClN2O/c1-11-15(10-12-4-2-3-5-16(12)18)17(22)21(20-11)14-8-6-13(19)7-9-14/h2-10H,1H3/b15-10-. The first-order valence-electron chi connectivity index (χ1n) is 6.68. The van der Waals surface area contributed by atoms with Crippen LogP contribution < -0.4 is 5.01 Å². The predicted molar refractivity (Wildman–Crippen MR) is 94.2 cm³/mol. The molecule has 3 nitrogen and oxygen atoms in total. The highest BCUT2D eigenvalue weighted by molar-refractivity contribution is 9.10. The summed E-state index contributed by atoms with van der Waals surface area (Å²) in [6, 6.07) is 14.8. The van der Waals surface area contributed by atoms with Gasteiger partial charge < -0.3 is 0 Å². The van der Waals surface area contributed by atoms with E-state index in [1.807, 2.05) is 37.3 Å². The van der Waals surface area contributed by atoms with Crippen LogP contribution in [0.1, 0.15) is 12.5 Å². The van der Waals surface area contributed by atoms with E-state index in [1.54, 1.807) is 24.3 Å². The lowest BCUT2D eigenvalue weighted by Crippen LogP contribution is -2.21. The fourth-order valence-electron chi connectivity index (χ4n) is 2.19. The molecule has 0 aromatic heterocycles. The first-order chi connectivity index (χ1) is 10.6. The van der Waals surface area contributed by atoms with Gasteiger partial charge in [-0.05, 0) is 48.9 Å². The Labute approximate surface area is 142 Å². The van der Waals surface area contributed by atoms with Gasteiger partial charge in [-0.15, -0.1) is 0 Å². The third kappa shape index (κ3) is 2.85. The molecule has 5 heteroatoms. The first-order valence-corrected chi connectivity index (χ1v) is 7.85. The molecule has 22 heavy (non-hydrogen) atoms. The Kier molecular flexibility index (Phi) is 4.14. The van der Waals surface area contributed by atoms with Gasteiger partial charge in [0.15, 0.2) is 0 Å². The summed E-state index contributed by atoms with van der Waals surface area (Å²) in [7, 11) is 0. The van der Waals surface area contributed by atoms with Gasteiger partial charge in [0.05, 0.1) is 17.0 Å². The van der Waals surface area contributed by atoms with Crippen molar-refractivity contribution < 1.29 is 4.79 Å². The van der Waals surface area contributed by atoms with Gasteiger partial charge in [-0.3, -0.25) is 4.79 Å². The lowest BCUT2D eigenvalue weighted by molar-refractivity contribution is -0.114. The monoisotopic (exact) mass is 374 g/mol. The Balaban J connectivity index is 1.97. The number of anilines is 1. The minimum atomic E-state index is -0.143. The zero-order valence-electron chi connectivity index (χ0n) is 11.8. The van der Waals surface area contributed by atoms with Gasteiger partial charge in [0.25, 0.3) is 5.91 Å². The van der Waals surface area contributed by atoms with Crippen molar-refractivity contribution in [3.63, 3.8) is 0 Å². The molecule has 0 saturated heterocycles. The van der Waals surface area contributed by atoms with E-state index in [0.29, 0.717) is 22.0 Å². The molecule has 2 aromatic rings. The molecule has 0 bridgehead atoms. The van der Waals surface area contributed by atoms with Gasteiger partial charge in [0, 0.05) is 9.50 Å². The number of carbonyl (C=O) groups excluding carboxylic acids is 1. The van der Waals surface area contributed by atoms with Crippen LogP contribution in [0.4, 0.5) is 5.69 Å². The molecule has 0 radical (unpaired) electrons. The van der Waals surface area contributed by atoms with Crippen LogP contribution in [0.25, 0.3) is 6.08 Å². The average molecular weight is 376 g/mol. The minimum absolute atomic E-state index is 0.143. The molecule has 1 amide bonds. The molecule has 3 rings (SSSR count). The van der Waals surface area contributed by atoms with E-state index >= 15 is 0 Å². The average Bonchev–Trinajstić information content (AvgIpc) is 2.78. The van der Waals surface area contributed by atoms with Crippen LogP contribution in [-0.2, 0) is 4.79 Å². The van der Waals surface area contributed by atoms with Crippen LogP contribution in [0.15, 0.2) is 63.7 Å². The van der Waals surface area contributed by atoms with Crippen molar-refractivity contribution >= 4 is 50.9 Å². The minimum Gasteiger partial charge on any atom is -0.267 e. The summed E-state index contributed by atoms with van der Waals surface area (Å²) >= 11 is 9.37. The zero-order valence-corrected chi connectivity index (χ0v) is 14.1. The fraction of sp³-hybridized carbons (Fsp3) is 0.0588. The zero-order chi connectivity index (χ0) is 15.7. The molecule has 1 heterocycles.